The van der Waals surface area contributed by atoms with Crippen molar-refractivity contribution in [1.29, 1.82) is 15.8 Å². The number of hydrogen-bond donors (Lipinski definition) is 0. The summed E-state index contributed by atoms with van der Waals surface area (Å²) in [6, 6.07) is 57.8. The van der Waals surface area contributed by atoms with Gasteiger partial charge in [0.1, 0.15) is 6.07 Å². The van der Waals surface area contributed by atoms with Crippen molar-refractivity contribution in [1.82, 2.24) is 9.13 Å². The molecule has 0 spiro atoms. The molecule has 0 aliphatic carbocycles. The molecule has 7 aromatic carbocycles. The van der Waals surface area contributed by atoms with Gasteiger partial charge in [0, 0.05) is 32.8 Å². The largest absolute Gasteiger partial charge is 0.309 e. The van der Waals surface area contributed by atoms with Gasteiger partial charge in [-0.05, 0) is 77.4 Å². The highest BCUT2D eigenvalue weighted by atomic mass is 15.0. The van der Waals surface area contributed by atoms with Crippen LogP contribution in [0.25, 0.3) is 77.2 Å². The van der Waals surface area contributed by atoms with Gasteiger partial charge in [-0.3, -0.25) is 0 Å². The fourth-order valence-electron chi connectivity index (χ4n) is 7.42. The summed E-state index contributed by atoms with van der Waals surface area (Å²) in [6.07, 6.45) is 0. The molecule has 9 aromatic rings. The number of rotatable bonds is 4. The van der Waals surface area contributed by atoms with E-state index in [0.717, 1.165) is 44.2 Å². The zero-order valence-electron chi connectivity index (χ0n) is 26.7. The van der Waals surface area contributed by atoms with Crippen molar-refractivity contribution < 1.29 is 0 Å². The Morgan fingerprint density at radius 2 is 0.860 bits per heavy atom. The second-order valence-corrected chi connectivity index (χ2v) is 12.3. The first-order valence-corrected chi connectivity index (χ1v) is 16.3. The highest BCUT2D eigenvalue weighted by Gasteiger charge is 2.22. The third-order valence-electron chi connectivity index (χ3n) is 9.66. The van der Waals surface area contributed by atoms with Crippen LogP contribution in [-0.4, -0.2) is 9.13 Å². The zero-order valence-corrected chi connectivity index (χ0v) is 26.7. The molecule has 5 heteroatoms. The van der Waals surface area contributed by atoms with Gasteiger partial charge in [-0.15, -0.1) is 0 Å². The summed E-state index contributed by atoms with van der Waals surface area (Å²) in [5.41, 5.74) is 10.9. The van der Waals surface area contributed by atoms with Gasteiger partial charge in [0.2, 0.25) is 0 Å². The Labute approximate surface area is 287 Å². The first-order chi connectivity index (χ1) is 24.7. The predicted octanol–water partition coefficient (Wildman–Crippen LogP) is 10.8. The fraction of sp³-hybridized carbons (Fsp3) is 0. The number of nitriles is 3. The normalized spacial score (nSPS) is 11.1. The van der Waals surface area contributed by atoms with E-state index in [1.807, 2.05) is 48.5 Å². The lowest BCUT2D eigenvalue weighted by atomic mass is 9.93. The summed E-state index contributed by atoms with van der Waals surface area (Å²) < 4.78 is 4.36. The minimum atomic E-state index is 0.454. The van der Waals surface area contributed by atoms with Crippen LogP contribution in [0.3, 0.4) is 0 Å². The SMILES string of the molecule is N#Cc1ccc2c(c1)c1ccccc1n2-c1c(C#N)ccc(C#N)c1-c1ccc(-c2ccc(-n3c4ccccc4c4ccccc43)cc2)cc1. The van der Waals surface area contributed by atoms with E-state index in [1.54, 1.807) is 18.2 Å². The molecular formula is C45H25N5. The highest BCUT2D eigenvalue weighted by Crippen LogP contribution is 2.40. The first kappa shape index (κ1) is 28.8. The van der Waals surface area contributed by atoms with Gasteiger partial charge in [0.25, 0.3) is 0 Å². The Bertz CT molecular complexity index is 2890. The second-order valence-electron chi connectivity index (χ2n) is 12.3. The van der Waals surface area contributed by atoms with Crippen LogP contribution in [0.5, 0.6) is 0 Å². The van der Waals surface area contributed by atoms with Gasteiger partial charge in [-0.2, -0.15) is 15.8 Å². The molecule has 230 valence electrons. The predicted molar refractivity (Wildman–Crippen MR) is 200 cm³/mol. The molecular weight excluding hydrogens is 611 g/mol. The summed E-state index contributed by atoms with van der Waals surface area (Å²) in [7, 11) is 0. The van der Waals surface area contributed by atoms with Crippen LogP contribution >= 0.6 is 0 Å². The smallest absolute Gasteiger partial charge is 0.101 e. The summed E-state index contributed by atoms with van der Waals surface area (Å²) >= 11 is 0. The molecule has 0 aliphatic rings. The van der Waals surface area contributed by atoms with Gasteiger partial charge >= 0.3 is 0 Å². The van der Waals surface area contributed by atoms with Crippen molar-refractivity contribution in [3.63, 3.8) is 0 Å². The molecule has 0 N–H and O–H groups in total. The third-order valence-corrected chi connectivity index (χ3v) is 9.66. The maximum atomic E-state index is 10.4. The van der Waals surface area contributed by atoms with Gasteiger partial charge in [-0.1, -0.05) is 91.0 Å². The molecule has 0 saturated carbocycles. The van der Waals surface area contributed by atoms with Crippen LogP contribution in [0.15, 0.2) is 152 Å². The molecule has 0 radical (unpaired) electrons. The molecule has 0 unspecified atom stereocenters. The van der Waals surface area contributed by atoms with Crippen LogP contribution in [0.4, 0.5) is 0 Å². The Morgan fingerprint density at radius 1 is 0.380 bits per heavy atom. The van der Waals surface area contributed by atoms with Crippen molar-refractivity contribution in [2.75, 3.05) is 0 Å². The molecule has 0 fully saturated rings. The number of nitrogens with zero attached hydrogens (tertiary/aromatic N) is 5. The van der Waals surface area contributed by atoms with Crippen molar-refractivity contribution in [2.45, 2.75) is 0 Å². The van der Waals surface area contributed by atoms with Crippen molar-refractivity contribution in [3.05, 3.63) is 168 Å². The summed E-state index contributed by atoms with van der Waals surface area (Å²) in [5, 5.41) is 34.7. The minimum Gasteiger partial charge on any atom is -0.309 e. The van der Waals surface area contributed by atoms with E-state index in [9.17, 15) is 15.8 Å². The molecule has 0 atom stereocenters. The zero-order chi connectivity index (χ0) is 33.8. The van der Waals surface area contributed by atoms with Gasteiger partial charge < -0.3 is 9.13 Å². The average Bonchev–Trinajstić information content (AvgIpc) is 3.70. The summed E-state index contributed by atoms with van der Waals surface area (Å²) in [4.78, 5) is 0. The fourth-order valence-corrected chi connectivity index (χ4v) is 7.42. The maximum absolute atomic E-state index is 10.4. The molecule has 50 heavy (non-hydrogen) atoms. The van der Waals surface area contributed by atoms with Crippen LogP contribution < -0.4 is 0 Å². The van der Waals surface area contributed by atoms with Gasteiger partial charge in [0.15, 0.2) is 0 Å². The van der Waals surface area contributed by atoms with Crippen LogP contribution in [0.1, 0.15) is 16.7 Å². The molecule has 0 amide bonds. The number of hydrogen-bond acceptors (Lipinski definition) is 3. The standard InChI is InChI=1S/C45H25N5/c46-26-29-13-24-43-39(25-29)38-9-3-6-12-42(38)50(43)45-34(28-48)19-18-33(27-47)44(45)32-16-14-30(15-17-32)31-20-22-35(23-21-31)49-40-10-4-1-7-36(40)37-8-2-5-11-41(37)49/h1-25H. The quantitative estimate of drug-likeness (QED) is 0.193. The molecule has 0 saturated heterocycles. The Kier molecular flexibility index (Phi) is 6.56. The van der Waals surface area contributed by atoms with E-state index in [2.05, 4.69) is 112 Å². The van der Waals surface area contributed by atoms with E-state index < -0.39 is 0 Å². The number of para-hydroxylation sites is 3. The van der Waals surface area contributed by atoms with E-state index in [-0.39, 0.29) is 0 Å². The Hall–Kier alpha value is -7.39. The number of aromatic nitrogens is 2. The van der Waals surface area contributed by atoms with Gasteiger partial charge in [0.05, 0.1) is 56.6 Å². The van der Waals surface area contributed by atoms with Crippen molar-refractivity contribution >= 4 is 43.6 Å². The van der Waals surface area contributed by atoms with Crippen LogP contribution in [0.2, 0.25) is 0 Å². The minimum absolute atomic E-state index is 0.454. The highest BCUT2D eigenvalue weighted by molar-refractivity contribution is 6.11. The lowest BCUT2D eigenvalue weighted by Gasteiger charge is -2.17. The number of benzene rings is 7. The molecule has 2 heterocycles. The second kappa shape index (κ2) is 11.4. The topological polar surface area (TPSA) is 81.2 Å². The van der Waals surface area contributed by atoms with E-state index >= 15 is 0 Å². The molecule has 2 aromatic heterocycles. The van der Waals surface area contributed by atoms with E-state index in [0.29, 0.717) is 27.9 Å². The maximum Gasteiger partial charge on any atom is 0.101 e. The lowest BCUT2D eigenvalue weighted by Crippen LogP contribution is -2.03. The third kappa shape index (κ3) is 4.31. The van der Waals surface area contributed by atoms with Crippen LogP contribution in [-0.2, 0) is 0 Å². The van der Waals surface area contributed by atoms with Gasteiger partial charge in [-0.25, -0.2) is 0 Å². The molecule has 9 rings (SSSR count). The molecule has 0 bridgehead atoms. The molecule has 0 aliphatic heterocycles. The van der Waals surface area contributed by atoms with E-state index in [1.165, 1.54) is 21.8 Å². The monoisotopic (exact) mass is 635 g/mol. The Balaban J connectivity index is 1.17. The molecule has 5 nitrogen and oxygen atoms in total. The van der Waals surface area contributed by atoms with Crippen LogP contribution in [0, 0.1) is 34.0 Å². The van der Waals surface area contributed by atoms with Crippen molar-refractivity contribution in [3.8, 4) is 51.8 Å². The van der Waals surface area contributed by atoms with E-state index in [4.69, 9.17) is 0 Å². The summed E-state index contributed by atoms with van der Waals surface area (Å²) in [5.74, 6) is 0. The number of fused-ring (bicyclic) bond motifs is 6. The van der Waals surface area contributed by atoms with Crippen molar-refractivity contribution in [2.24, 2.45) is 0 Å². The lowest BCUT2D eigenvalue weighted by molar-refractivity contribution is 1.16. The summed E-state index contributed by atoms with van der Waals surface area (Å²) in [6.45, 7) is 0. The average molecular weight is 636 g/mol. The Morgan fingerprint density at radius 3 is 1.44 bits per heavy atom. The first-order valence-electron chi connectivity index (χ1n) is 16.3.